The predicted molar refractivity (Wildman–Crippen MR) is 208 cm³/mol. The monoisotopic (exact) mass is 660 g/mol. The van der Waals surface area contributed by atoms with Gasteiger partial charge in [0.25, 0.3) is 0 Å². The molecule has 0 unspecified atom stereocenters. The smallest absolute Gasteiger partial charge is 0.161 e. The summed E-state index contributed by atoms with van der Waals surface area (Å²) in [6.45, 7) is 0. The van der Waals surface area contributed by atoms with Gasteiger partial charge in [-0.2, -0.15) is 0 Å². The molecule has 10 aromatic rings. The number of benzene rings is 7. The quantitative estimate of drug-likeness (QED) is 0.178. The van der Waals surface area contributed by atoms with Gasteiger partial charge in [-0.25, -0.2) is 9.97 Å². The lowest BCUT2D eigenvalue weighted by Gasteiger charge is -2.25. The molecule has 0 atom stereocenters. The van der Waals surface area contributed by atoms with E-state index in [0.29, 0.717) is 28.2 Å². The van der Waals surface area contributed by atoms with Gasteiger partial charge in [0.15, 0.2) is 11.4 Å². The second-order valence-electron chi connectivity index (χ2n) is 12.2. The number of para-hydroxylation sites is 3. The SMILES string of the molecule is [2H]c1c([2H])c([2H])c(-c2cc(-c3ccccc3)nc(-c3ccc(N(c4ccccc4)c4ccc5c(c4)oc4ccccc45)c4oc5ccccc5c34)n2)c([2H])c1[2H]. The lowest BCUT2D eigenvalue weighted by molar-refractivity contribution is 0.667. The molecule has 0 aliphatic carbocycles. The van der Waals surface area contributed by atoms with E-state index in [1.54, 1.807) is 6.07 Å². The van der Waals surface area contributed by atoms with E-state index < -0.39 is 18.1 Å². The third kappa shape index (κ3) is 4.94. The molecule has 0 bridgehead atoms. The summed E-state index contributed by atoms with van der Waals surface area (Å²) in [7, 11) is 0. The summed E-state index contributed by atoms with van der Waals surface area (Å²) in [5.74, 6) is 0.311. The van der Waals surface area contributed by atoms with Crippen molar-refractivity contribution in [2.45, 2.75) is 0 Å². The van der Waals surface area contributed by atoms with Gasteiger partial charge in [0.1, 0.15) is 16.7 Å². The molecule has 240 valence electrons. The van der Waals surface area contributed by atoms with Gasteiger partial charge in [0.05, 0.1) is 29.6 Å². The number of hydrogen-bond donors (Lipinski definition) is 0. The first-order chi connectivity index (χ1) is 27.4. The Morgan fingerprint density at radius 1 is 0.490 bits per heavy atom. The van der Waals surface area contributed by atoms with Crippen molar-refractivity contribution >= 4 is 60.9 Å². The molecule has 0 saturated carbocycles. The fourth-order valence-corrected chi connectivity index (χ4v) is 6.87. The van der Waals surface area contributed by atoms with Crippen LogP contribution in [0.1, 0.15) is 6.85 Å². The molecule has 5 heteroatoms. The van der Waals surface area contributed by atoms with Gasteiger partial charge in [0.2, 0.25) is 0 Å². The van der Waals surface area contributed by atoms with E-state index in [-0.39, 0.29) is 23.3 Å². The summed E-state index contributed by atoms with van der Waals surface area (Å²) < 4.78 is 55.7. The average Bonchev–Trinajstić information content (AvgIpc) is 3.82. The Morgan fingerprint density at radius 2 is 1.14 bits per heavy atom. The third-order valence-corrected chi connectivity index (χ3v) is 9.17. The molecule has 51 heavy (non-hydrogen) atoms. The van der Waals surface area contributed by atoms with Gasteiger partial charge < -0.3 is 13.7 Å². The van der Waals surface area contributed by atoms with Crippen LogP contribution in [0.25, 0.3) is 77.8 Å². The number of rotatable bonds is 6. The highest BCUT2D eigenvalue weighted by Crippen LogP contribution is 2.46. The van der Waals surface area contributed by atoms with Crippen molar-refractivity contribution in [2.75, 3.05) is 4.90 Å². The normalized spacial score (nSPS) is 12.9. The van der Waals surface area contributed by atoms with Crippen molar-refractivity contribution in [3.05, 3.63) is 176 Å². The van der Waals surface area contributed by atoms with Crippen LogP contribution in [0.3, 0.4) is 0 Å². The zero-order chi connectivity index (χ0) is 38.1. The Morgan fingerprint density at radius 3 is 1.92 bits per heavy atom. The summed E-state index contributed by atoms with van der Waals surface area (Å²) >= 11 is 0. The zero-order valence-corrected chi connectivity index (χ0v) is 27.0. The van der Waals surface area contributed by atoms with Crippen LogP contribution < -0.4 is 4.90 Å². The van der Waals surface area contributed by atoms with Gasteiger partial charge in [-0.1, -0.05) is 115 Å². The second-order valence-corrected chi connectivity index (χ2v) is 12.2. The van der Waals surface area contributed by atoms with E-state index in [1.165, 1.54) is 0 Å². The highest BCUT2D eigenvalue weighted by molar-refractivity contribution is 6.16. The van der Waals surface area contributed by atoms with Crippen LogP contribution >= 0.6 is 0 Å². The molecule has 0 radical (unpaired) electrons. The van der Waals surface area contributed by atoms with Crippen molar-refractivity contribution in [3.8, 4) is 33.9 Å². The summed E-state index contributed by atoms with van der Waals surface area (Å²) in [5.41, 5.74) is 7.55. The molecule has 0 saturated heterocycles. The molecular weight excluding hydrogens is 627 g/mol. The molecule has 0 fully saturated rings. The van der Waals surface area contributed by atoms with Crippen LogP contribution in [-0.4, -0.2) is 9.97 Å². The van der Waals surface area contributed by atoms with E-state index in [2.05, 4.69) is 23.1 Å². The highest BCUT2D eigenvalue weighted by Gasteiger charge is 2.24. The molecule has 7 aromatic carbocycles. The van der Waals surface area contributed by atoms with Gasteiger partial charge in [-0.05, 0) is 54.6 Å². The van der Waals surface area contributed by atoms with E-state index >= 15 is 0 Å². The van der Waals surface area contributed by atoms with Crippen LogP contribution in [0.15, 0.2) is 185 Å². The van der Waals surface area contributed by atoms with Crippen LogP contribution in [0.5, 0.6) is 0 Å². The Bertz CT molecular complexity index is 3130. The molecule has 10 rings (SSSR count). The average molecular weight is 661 g/mol. The topological polar surface area (TPSA) is 55.3 Å². The maximum atomic E-state index is 8.80. The Labute approximate surface area is 300 Å². The predicted octanol–water partition coefficient (Wildman–Crippen LogP) is 12.7. The summed E-state index contributed by atoms with van der Waals surface area (Å²) in [4.78, 5) is 12.2. The van der Waals surface area contributed by atoms with Crippen molar-refractivity contribution in [1.82, 2.24) is 9.97 Å². The minimum Gasteiger partial charge on any atom is -0.456 e. The summed E-state index contributed by atoms with van der Waals surface area (Å²) in [5, 5.41) is 3.68. The van der Waals surface area contributed by atoms with Crippen LogP contribution in [0.2, 0.25) is 0 Å². The molecule has 0 spiro atoms. The maximum Gasteiger partial charge on any atom is 0.161 e. The van der Waals surface area contributed by atoms with E-state index in [9.17, 15) is 0 Å². The van der Waals surface area contributed by atoms with Crippen LogP contribution in [0, 0.1) is 0 Å². The van der Waals surface area contributed by atoms with Gasteiger partial charge in [-0.15, -0.1) is 0 Å². The number of nitrogens with zero attached hydrogens (tertiary/aromatic N) is 3. The van der Waals surface area contributed by atoms with E-state index in [4.69, 9.17) is 25.7 Å². The maximum absolute atomic E-state index is 8.80. The van der Waals surface area contributed by atoms with E-state index in [0.717, 1.165) is 55.3 Å². The number of furan rings is 2. The largest absolute Gasteiger partial charge is 0.456 e. The Balaban J connectivity index is 1.25. The highest BCUT2D eigenvalue weighted by atomic mass is 16.3. The molecule has 3 heterocycles. The lowest BCUT2D eigenvalue weighted by Crippen LogP contribution is -2.10. The minimum atomic E-state index is -0.467. The number of aromatic nitrogens is 2. The van der Waals surface area contributed by atoms with Crippen molar-refractivity contribution in [2.24, 2.45) is 0 Å². The molecule has 0 aliphatic heterocycles. The standard InChI is InChI=1S/C46H29N3O2/c1-4-14-30(15-5-1)38-29-39(31-16-6-2-7-17-31)48-46(47-38)37-26-27-40(45-44(37)36-21-11-13-23-42(36)51-45)49(32-18-8-3-9-19-32)33-24-25-35-34-20-10-12-22-41(34)50-43(35)28-33/h1-29H/i1D,4D,5D,14D,15D. The molecule has 3 aromatic heterocycles. The summed E-state index contributed by atoms with van der Waals surface area (Å²) in [6.07, 6.45) is 0. The fraction of sp³-hybridized carbons (Fsp3) is 0. The number of hydrogen-bond acceptors (Lipinski definition) is 5. The first-order valence-corrected chi connectivity index (χ1v) is 16.6. The van der Waals surface area contributed by atoms with Crippen molar-refractivity contribution in [3.63, 3.8) is 0 Å². The zero-order valence-electron chi connectivity index (χ0n) is 32.0. The van der Waals surface area contributed by atoms with Gasteiger partial charge >= 0.3 is 0 Å². The summed E-state index contributed by atoms with van der Waals surface area (Å²) in [6, 6.07) is 45.2. The van der Waals surface area contributed by atoms with E-state index in [1.807, 2.05) is 121 Å². The molecular formula is C46H29N3O2. The van der Waals surface area contributed by atoms with Crippen LogP contribution in [-0.2, 0) is 0 Å². The molecule has 0 N–H and O–H groups in total. The third-order valence-electron chi connectivity index (χ3n) is 9.17. The van der Waals surface area contributed by atoms with Crippen molar-refractivity contribution in [1.29, 1.82) is 0 Å². The minimum absolute atomic E-state index is 0.00187. The molecule has 5 nitrogen and oxygen atoms in total. The number of anilines is 3. The lowest BCUT2D eigenvalue weighted by atomic mass is 10.0. The van der Waals surface area contributed by atoms with Gasteiger partial charge in [0, 0.05) is 50.0 Å². The molecule has 0 aliphatic rings. The first kappa shape index (κ1) is 24.2. The molecule has 0 amide bonds. The fourth-order valence-electron chi connectivity index (χ4n) is 6.87. The van der Waals surface area contributed by atoms with Gasteiger partial charge in [-0.3, -0.25) is 0 Å². The number of fused-ring (bicyclic) bond motifs is 6. The second kappa shape index (κ2) is 11.9. The first-order valence-electron chi connectivity index (χ1n) is 19.1. The Kier molecular flexibility index (Phi) is 5.63. The van der Waals surface area contributed by atoms with Crippen LogP contribution in [0.4, 0.5) is 17.1 Å². The Hall–Kier alpha value is -6.98. The van der Waals surface area contributed by atoms with Crippen molar-refractivity contribution < 1.29 is 15.7 Å².